The first-order valence-corrected chi connectivity index (χ1v) is 9.37. The monoisotopic (exact) mass is 389 g/mol. The second-order valence-corrected chi connectivity index (χ2v) is 7.32. The number of hydrogen-bond donors (Lipinski definition) is 1. The van der Waals surface area contributed by atoms with E-state index < -0.39 is 0 Å². The predicted molar refractivity (Wildman–Crippen MR) is 95.2 cm³/mol. The Balaban J connectivity index is 1.30. The van der Waals surface area contributed by atoms with Crippen LogP contribution in [0.1, 0.15) is 11.5 Å². The maximum atomic E-state index is 12.9. The minimum absolute atomic E-state index is 0.250. The van der Waals surface area contributed by atoms with Gasteiger partial charge in [0.05, 0.1) is 12.0 Å². The number of rotatable bonds is 7. The minimum Gasteiger partial charge on any atom is -0.459 e. The number of nitrogens with one attached hydrogen (secondary N) is 1. The standard InChI is InChI=1S/C16H12FN5O2S2/c17-11-5-3-10(4-6-11)8-18-15-21-22-16(26-15)25-9-13-19-20-14(24-13)12-2-1-7-23-12/h1-7H,8-9H2,(H,18,21). The van der Waals surface area contributed by atoms with Gasteiger partial charge in [-0.05, 0) is 29.8 Å². The third-order valence-electron chi connectivity index (χ3n) is 3.28. The lowest BCUT2D eigenvalue weighted by Gasteiger charge is -2.01. The lowest BCUT2D eigenvalue weighted by Crippen LogP contribution is -1.98. The third kappa shape index (κ3) is 4.09. The Morgan fingerprint density at radius 3 is 2.77 bits per heavy atom. The minimum atomic E-state index is -0.250. The lowest BCUT2D eigenvalue weighted by atomic mass is 10.2. The van der Waals surface area contributed by atoms with Gasteiger partial charge in [-0.25, -0.2) is 4.39 Å². The molecule has 0 unspecified atom stereocenters. The van der Waals surface area contributed by atoms with E-state index in [1.54, 1.807) is 30.5 Å². The van der Waals surface area contributed by atoms with Gasteiger partial charge >= 0.3 is 0 Å². The van der Waals surface area contributed by atoms with Gasteiger partial charge in [0, 0.05) is 6.54 Å². The second-order valence-electron chi connectivity index (χ2n) is 5.12. The van der Waals surface area contributed by atoms with Gasteiger partial charge in [-0.1, -0.05) is 35.2 Å². The molecule has 132 valence electrons. The Labute approximate surface area is 155 Å². The largest absolute Gasteiger partial charge is 0.459 e. The number of aromatic nitrogens is 4. The van der Waals surface area contributed by atoms with E-state index in [9.17, 15) is 4.39 Å². The van der Waals surface area contributed by atoms with Crippen molar-refractivity contribution in [3.63, 3.8) is 0 Å². The molecule has 0 saturated heterocycles. The smallest absolute Gasteiger partial charge is 0.283 e. The Hall–Kier alpha value is -2.72. The van der Waals surface area contributed by atoms with Crippen LogP contribution in [0.2, 0.25) is 0 Å². The van der Waals surface area contributed by atoms with Gasteiger partial charge in [-0.15, -0.1) is 20.4 Å². The molecule has 0 bridgehead atoms. The average Bonchev–Trinajstić information content (AvgIpc) is 3.40. The van der Waals surface area contributed by atoms with Crippen molar-refractivity contribution in [3.05, 3.63) is 59.9 Å². The molecule has 1 N–H and O–H groups in total. The number of halogens is 1. The van der Waals surface area contributed by atoms with E-state index in [0.29, 0.717) is 35.0 Å². The van der Waals surface area contributed by atoms with Crippen molar-refractivity contribution in [3.8, 4) is 11.7 Å². The number of thioether (sulfide) groups is 1. The summed E-state index contributed by atoms with van der Waals surface area (Å²) in [4.78, 5) is 0. The molecule has 0 atom stereocenters. The molecule has 4 rings (SSSR count). The van der Waals surface area contributed by atoms with E-state index in [1.165, 1.54) is 35.2 Å². The Morgan fingerprint density at radius 1 is 1.08 bits per heavy atom. The highest BCUT2D eigenvalue weighted by Crippen LogP contribution is 2.29. The molecule has 3 aromatic heterocycles. The molecule has 1 aromatic carbocycles. The van der Waals surface area contributed by atoms with Gasteiger partial charge in [-0.3, -0.25) is 0 Å². The van der Waals surface area contributed by atoms with E-state index in [0.717, 1.165) is 9.90 Å². The van der Waals surface area contributed by atoms with Gasteiger partial charge in [-0.2, -0.15) is 0 Å². The number of anilines is 1. The summed E-state index contributed by atoms with van der Waals surface area (Å²) in [6.07, 6.45) is 1.55. The number of nitrogens with zero attached hydrogens (tertiary/aromatic N) is 4. The van der Waals surface area contributed by atoms with Gasteiger partial charge < -0.3 is 14.2 Å². The first-order chi connectivity index (χ1) is 12.8. The van der Waals surface area contributed by atoms with Gasteiger partial charge in [0.1, 0.15) is 5.82 Å². The van der Waals surface area contributed by atoms with Crippen LogP contribution < -0.4 is 5.32 Å². The normalized spacial score (nSPS) is 11.0. The fraction of sp³-hybridized carbons (Fsp3) is 0.125. The lowest BCUT2D eigenvalue weighted by molar-refractivity contribution is 0.494. The van der Waals surface area contributed by atoms with Crippen molar-refractivity contribution in [1.82, 2.24) is 20.4 Å². The zero-order valence-corrected chi connectivity index (χ0v) is 14.9. The molecule has 0 radical (unpaired) electrons. The van der Waals surface area contributed by atoms with E-state index >= 15 is 0 Å². The van der Waals surface area contributed by atoms with E-state index in [-0.39, 0.29) is 5.82 Å². The highest BCUT2D eigenvalue weighted by molar-refractivity contribution is 8.00. The summed E-state index contributed by atoms with van der Waals surface area (Å²) in [5, 5.41) is 20.0. The second kappa shape index (κ2) is 7.67. The first-order valence-electron chi connectivity index (χ1n) is 7.57. The van der Waals surface area contributed by atoms with Crippen molar-refractivity contribution in [2.24, 2.45) is 0 Å². The van der Waals surface area contributed by atoms with Gasteiger partial charge in [0.2, 0.25) is 11.0 Å². The zero-order valence-electron chi connectivity index (χ0n) is 13.3. The summed E-state index contributed by atoms with van der Waals surface area (Å²) in [6.45, 7) is 0.551. The Kier molecular flexibility index (Phi) is 4.93. The molecule has 0 aliphatic rings. The Morgan fingerprint density at radius 2 is 1.96 bits per heavy atom. The fourth-order valence-corrected chi connectivity index (χ4v) is 3.64. The van der Waals surface area contributed by atoms with Gasteiger partial charge in [0.15, 0.2) is 10.1 Å². The Bertz CT molecular complexity index is 969. The van der Waals surface area contributed by atoms with Gasteiger partial charge in [0.25, 0.3) is 5.89 Å². The fourth-order valence-electron chi connectivity index (χ4n) is 2.05. The van der Waals surface area contributed by atoms with E-state index in [4.69, 9.17) is 8.83 Å². The quantitative estimate of drug-likeness (QED) is 0.470. The molecule has 0 fully saturated rings. The SMILES string of the molecule is Fc1ccc(CNc2nnc(SCc3nnc(-c4ccco4)o3)s2)cc1. The van der Waals surface area contributed by atoms with Crippen molar-refractivity contribution >= 4 is 28.2 Å². The van der Waals surface area contributed by atoms with Crippen LogP contribution >= 0.6 is 23.1 Å². The maximum absolute atomic E-state index is 12.9. The molecule has 0 amide bonds. The molecule has 26 heavy (non-hydrogen) atoms. The summed E-state index contributed by atoms with van der Waals surface area (Å²) in [5.74, 6) is 1.61. The summed E-state index contributed by atoms with van der Waals surface area (Å²) < 4.78 is 24.4. The van der Waals surface area contributed by atoms with Crippen LogP contribution in [0.5, 0.6) is 0 Å². The zero-order chi connectivity index (χ0) is 17.8. The highest BCUT2D eigenvalue weighted by Gasteiger charge is 2.12. The molecule has 4 aromatic rings. The number of benzene rings is 1. The van der Waals surface area contributed by atoms with Crippen molar-refractivity contribution < 1.29 is 13.2 Å². The molecule has 0 spiro atoms. The van der Waals surface area contributed by atoms with Crippen molar-refractivity contribution in [2.45, 2.75) is 16.6 Å². The maximum Gasteiger partial charge on any atom is 0.283 e. The number of furan rings is 1. The number of hydrogen-bond acceptors (Lipinski definition) is 9. The van der Waals surface area contributed by atoms with Crippen molar-refractivity contribution in [1.29, 1.82) is 0 Å². The topological polar surface area (TPSA) is 89.9 Å². The average molecular weight is 389 g/mol. The van der Waals surface area contributed by atoms with Crippen LogP contribution in [0.4, 0.5) is 9.52 Å². The molecule has 0 aliphatic heterocycles. The van der Waals surface area contributed by atoms with Crippen LogP contribution in [-0.2, 0) is 12.3 Å². The molecule has 10 heteroatoms. The highest BCUT2D eigenvalue weighted by atomic mass is 32.2. The van der Waals surface area contributed by atoms with Crippen LogP contribution in [0.3, 0.4) is 0 Å². The third-order valence-corrected chi connectivity index (χ3v) is 5.28. The summed E-state index contributed by atoms with van der Waals surface area (Å²) in [5.41, 5.74) is 0.965. The summed E-state index contributed by atoms with van der Waals surface area (Å²) >= 11 is 2.88. The van der Waals surface area contributed by atoms with Crippen LogP contribution in [0.25, 0.3) is 11.7 Å². The molecule has 0 aliphatic carbocycles. The van der Waals surface area contributed by atoms with Crippen LogP contribution in [0, 0.1) is 5.82 Å². The molecule has 3 heterocycles. The predicted octanol–water partition coefficient (Wildman–Crippen LogP) is 4.22. The molecule has 7 nitrogen and oxygen atoms in total. The molecule has 0 saturated carbocycles. The van der Waals surface area contributed by atoms with E-state index in [1.807, 2.05) is 0 Å². The van der Waals surface area contributed by atoms with E-state index in [2.05, 4.69) is 25.7 Å². The first kappa shape index (κ1) is 16.7. The van der Waals surface area contributed by atoms with Crippen LogP contribution in [0.15, 0.2) is 55.8 Å². The molecular weight excluding hydrogens is 377 g/mol. The van der Waals surface area contributed by atoms with Crippen LogP contribution in [-0.4, -0.2) is 20.4 Å². The summed E-state index contributed by atoms with van der Waals surface area (Å²) in [7, 11) is 0. The molecular formula is C16H12FN5O2S2. The summed E-state index contributed by atoms with van der Waals surface area (Å²) in [6, 6.07) is 9.83. The van der Waals surface area contributed by atoms with Crippen molar-refractivity contribution in [2.75, 3.05) is 5.32 Å².